The first-order valence-electron chi connectivity index (χ1n) is 9.39. The van der Waals surface area contributed by atoms with Crippen molar-refractivity contribution in [1.29, 1.82) is 0 Å². The van der Waals surface area contributed by atoms with Gasteiger partial charge in [-0.1, -0.05) is 12.1 Å². The van der Waals surface area contributed by atoms with E-state index in [0.29, 0.717) is 6.54 Å². The molecule has 0 spiro atoms. The van der Waals surface area contributed by atoms with Crippen LogP contribution in [0, 0.1) is 5.82 Å². The van der Waals surface area contributed by atoms with Gasteiger partial charge in [0.05, 0.1) is 12.2 Å². The molecule has 0 radical (unpaired) electrons. The van der Waals surface area contributed by atoms with Gasteiger partial charge in [0.15, 0.2) is 5.96 Å². The standard InChI is InChI=1S/C20H33FN4O.HI/c1-15-12-25(13-16(2)26-15)20(3,4)14-24-19(22-5)23-10-9-17-7-6-8-18(21)11-17;/h6-8,11,15-16H,9-10,12-14H2,1-5H3,(H2,22,23,24);1H. The molecule has 1 heterocycles. The average molecular weight is 492 g/mol. The molecule has 0 amide bonds. The van der Waals surface area contributed by atoms with Gasteiger partial charge in [0.25, 0.3) is 0 Å². The molecule has 1 saturated heterocycles. The molecule has 1 aliphatic heterocycles. The lowest BCUT2D eigenvalue weighted by Gasteiger charge is -2.45. The number of nitrogens with one attached hydrogen (secondary N) is 2. The Morgan fingerprint density at radius 3 is 2.52 bits per heavy atom. The first-order chi connectivity index (χ1) is 12.3. The topological polar surface area (TPSA) is 48.9 Å². The molecule has 0 bridgehead atoms. The van der Waals surface area contributed by atoms with E-state index in [2.05, 4.69) is 48.2 Å². The van der Waals surface area contributed by atoms with Crippen molar-refractivity contribution in [1.82, 2.24) is 15.5 Å². The van der Waals surface area contributed by atoms with Crippen molar-refractivity contribution in [2.75, 3.05) is 33.2 Å². The Balaban J connectivity index is 0.00000364. The van der Waals surface area contributed by atoms with E-state index in [-0.39, 0.29) is 47.5 Å². The second-order valence-electron chi connectivity index (χ2n) is 7.71. The second kappa shape index (κ2) is 11.2. The van der Waals surface area contributed by atoms with Gasteiger partial charge in [-0.05, 0) is 51.8 Å². The summed E-state index contributed by atoms with van der Waals surface area (Å²) < 4.78 is 19.1. The molecule has 2 unspecified atom stereocenters. The Morgan fingerprint density at radius 2 is 1.93 bits per heavy atom. The van der Waals surface area contributed by atoms with Crippen LogP contribution >= 0.6 is 24.0 Å². The summed E-state index contributed by atoms with van der Waals surface area (Å²) in [7, 11) is 1.77. The summed E-state index contributed by atoms with van der Waals surface area (Å²) in [4.78, 5) is 6.76. The van der Waals surface area contributed by atoms with Crippen LogP contribution in [0.5, 0.6) is 0 Å². The minimum absolute atomic E-state index is 0. The van der Waals surface area contributed by atoms with Crippen molar-refractivity contribution >= 4 is 29.9 Å². The minimum Gasteiger partial charge on any atom is -0.373 e. The molecular weight excluding hydrogens is 458 g/mol. The number of hydrogen-bond acceptors (Lipinski definition) is 3. The predicted octanol–water partition coefficient (Wildman–Crippen LogP) is 3.04. The van der Waals surface area contributed by atoms with Crippen LogP contribution in [0.1, 0.15) is 33.3 Å². The van der Waals surface area contributed by atoms with E-state index >= 15 is 0 Å². The number of guanidine groups is 1. The van der Waals surface area contributed by atoms with Crippen LogP contribution in [0.15, 0.2) is 29.3 Å². The molecule has 154 valence electrons. The van der Waals surface area contributed by atoms with E-state index in [1.54, 1.807) is 19.2 Å². The van der Waals surface area contributed by atoms with Gasteiger partial charge in [0, 0.05) is 38.8 Å². The van der Waals surface area contributed by atoms with Gasteiger partial charge in [-0.2, -0.15) is 0 Å². The van der Waals surface area contributed by atoms with E-state index in [4.69, 9.17) is 4.74 Å². The fourth-order valence-electron chi connectivity index (χ4n) is 3.32. The summed E-state index contributed by atoms with van der Waals surface area (Å²) in [6.45, 7) is 12.1. The van der Waals surface area contributed by atoms with Gasteiger partial charge < -0.3 is 15.4 Å². The third-order valence-corrected chi connectivity index (χ3v) is 4.78. The number of morpholine rings is 1. The lowest BCUT2D eigenvalue weighted by Crippen LogP contribution is -2.59. The molecule has 0 aliphatic carbocycles. The highest BCUT2D eigenvalue weighted by Crippen LogP contribution is 2.20. The zero-order valence-electron chi connectivity index (χ0n) is 17.1. The molecule has 1 aromatic carbocycles. The zero-order valence-corrected chi connectivity index (χ0v) is 19.4. The van der Waals surface area contributed by atoms with Crippen molar-refractivity contribution in [3.8, 4) is 0 Å². The van der Waals surface area contributed by atoms with Crippen LogP contribution in [0.4, 0.5) is 4.39 Å². The maximum atomic E-state index is 13.2. The Labute approximate surface area is 180 Å². The summed E-state index contributed by atoms with van der Waals surface area (Å²) in [6, 6.07) is 6.71. The van der Waals surface area contributed by atoms with Crippen LogP contribution in [0.2, 0.25) is 0 Å². The smallest absolute Gasteiger partial charge is 0.191 e. The number of benzene rings is 1. The summed E-state index contributed by atoms with van der Waals surface area (Å²) in [5.41, 5.74) is 0.969. The maximum absolute atomic E-state index is 13.2. The third-order valence-electron chi connectivity index (χ3n) is 4.78. The Hall–Kier alpha value is -0.930. The van der Waals surface area contributed by atoms with Crippen LogP contribution in [-0.2, 0) is 11.2 Å². The molecule has 2 atom stereocenters. The minimum atomic E-state index is -0.194. The third kappa shape index (κ3) is 7.91. The average Bonchev–Trinajstić information content (AvgIpc) is 2.57. The van der Waals surface area contributed by atoms with Crippen molar-refractivity contribution in [2.45, 2.75) is 51.9 Å². The van der Waals surface area contributed by atoms with Crippen molar-refractivity contribution in [3.63, 3.8) is 0 Å². The van der Waals surface area contributed by atoms with Crippen LogP contribution in [-0.4, -0.2) is 61.8 Å². The molecule has 1 aromatic rings. The molecular formula is C20H34FIN4O. The van der Waals surface area contributed by atoms with Gasteiger partial charge >= 0.3 is 0 Å². The molecule has 0 saturated carbocycles. The summed E-state index contributed by atoms with van der Waals surface area (Å²) in [5, 5.41) is 6.72. The number of halogens is 2. The van der Waals surface area contributed by atoms with E-state index in [0.717, 1.165) is 37.6 Å². The highest BCUT2D eigenvalue weighted by atomic mass is 127. The molecule has 2 N–H and O–H groups in total. The highest BCUT2D eigenvalue weighted by molar-refractivity contribution is 14.0. The fraction of sp³-hybridized carbons (Fsp3) is 0.650. The summed E-state index contributed by atoms with van der Waals surface area (Å²) in [6.07, 6.45) is 1.25. The Kier molecular flexibility index (Phi) is 9.97. The molecule has 7 heteroatoms. The SMILES string of the molecule is CN=C(NCCc1cccc(F)c1)NCC(C)(C)N1CC(C)OC(C)C1.I. The summed E-state index contributed by atoms with van der Waals surface area (Å²) >= 11 is 0. The normalized spacial score (nSPS) is 21.5. The van der Waals surface area contributed by atoms with Crippen LogP contribution < -0.4 is 10.6 Å². The highest BCUT2D eigenvalue weighted by Gasteiger charge is 2.33. The lowest BCUT2D eigenvalue weighted by molar-refractivity contribution is -0.0946. The number of aliphatic imine (C=N–C) groups is 1. The molecule has 27 heavy (non-hydrogen) atoms. The van der Waals surface area contributed by atoms with Gasteiger partial charge in [0.1, 0.15) is 5.82 Å². The number of rotatable bonds is 6. The maximum Gasteiger partial charge on any atom is 0.191 e. The molecule has 1 fully saturated rings. The Bertz CT molecular complexity index is 601. The fourth-order valence-corrected chi connectivity index (χ4v) is 3.32. The largest absolute Gasteiger partial charge is 0.373 e. The van der Waals surface area contributed by atoms with Crippen LogP contribution in [0.3, 0.4) is 0 Å². The van der Waals surface area contributed by atoms with E-state index in [1.165, 1.54) is 6.07 Å². The Morgan fingerprint density at radius 1 is 1.26 bits per heavy atom. The molecule has 5 nitrogen and oxygen atoms in total. The van der Waals surface area contributed by atoms with Crippen molar-refractivity contribution < 1.29 is 9.13 Å². The van der Waals surface area contributed by atoms with Gasteiger partial charge in [-0.25, -0.2) is 4.39 Å². The first kappa shape index (κ1) is 24.1. The van der Waals surface area contributed by atoms with Crippen molar-refractivity contribution in [3.05, 3.63) is 35.6 Å². The van der Waals surface area contributed by atoms with E-state index in [1.807, 2.05) is 6.07 Å². The number of ether oxygens (including phenoxy) is 1. The van der Waals surface area contributed by atoms with Gasteiger partial charge in [-0.3, -0.25) is 9.89 Å². The number of hydrogen-bond donors (Lipinski definition) is 2. The second-order valence-corrected chi connectivity index (χ2v) is 7.71. The van der Waals surface area contributed by atoms with Crippen LogP contribution in [0.25, 0.3) is 0 Å². The monoisotopic (exact) mass is 492 g/mol. The summed E-state index contributed by atoms with van der Waals surface area (Å²) in [5.74, 6) is 0.574. The molecule has 1 aliphatic rings. The quantitative estimate of drug-likeness (QED) is 0.364. The predicted molar refractivity (Wildman–Crippen MR) is 121 cm³/mol. The molecule has 0 aromatic heterocycles. The van der Waals surface area contributed by atoms with Gasteiger partial charge in [-0.15, -0.1) is 24.0 Å². The molecule has 2 rings (SSSR count). The number of nitrogens with zero attached hydrogens (tertiary/aromatic N) is 2. The first-order valence-corrected chi connectivity index (χ1v) is 9.39. The van der Waals surface area contributed by atoms with Crippen molar-refractivity contribution in [2.24, 2.45) is 4.99 Å². The zero-order chi connectivity index (χ0) is 19.2. The van der Waals surface area contributed by atoms with Gasteiger partial charge in [0.2, 0.25) is 0 Å². The van der Waals surface area contributed by atoms with E-state index < -0.39 is 0 Å². The van der Waals surface area contributed by atoms with E-state index in [9.17, 15) is 4.39 Å². The lowest BCUT2D eigenvalue weighted by atomic mass is 10.00.